The number of benzene rings is 1. The number of hydrogen-bond acceptors (Lipinski definition) is 4. The lowest BCUT2D eigenvalue weighted by Crippen LogP contribution is -2.13. The summed E-state index contributed by atoms with van der Waals surface area (Å²) < 4.78 is 27.1. The molecule has 1 aliphatic rings. The molecule has 0 bridgehead atoms. The molecule has 0 radical (unpaired) electrons. The van der Waals surface area contributed by atoms with Crippen molar-refractivity contribution in [2.45, 2.75) is 31.1 Å². The van der Waals surface area contributed by atoms with Crippen LogP contribution in [0, 0.1) is 6.92 Å². The number of sulfonamides is 1. The van der Waals surface area contributed by atoms with Crippen molar-refractivity contribution in [1.29, 1.82) is 0 Å². The average molecular weight is 294 g/mol. The molecule has 0 saturated carbocycles. The van der Waals surface area contributed by atoms with Gasteiger partial charge in [0.1, 0.15) is 0 Å². The molecule has 0 unspecified atom stereocenters. The third kappa shape index (κ3) is 2.50. The minimum Gasteiger partial charge on any atom is -0.255 e. The highest BCUT2D eigenvalue weighted by Gasteiger charge is 2.19. The second kappa shape index (κ2) is 4.61. The normalized spacial score (nSPS) is 14.4. The second-order valence-electron chi connectivity index (χ2n) is 4.68. The molecule has 1 heterocycles. The van der Waals surface area contributed by atoms with Gasteiger partial charge in [0.25, 0.3) is 10.0 Å². The molecule has 3 rings (SSSR count). The summed E-state index contributed by atoms with van der Waals surface area (Å²) in [6, 6.07) is 5.38. The maximum absolute atomic E-state index is 12.3. The summed E-state index contributed by atoms with van der Waals surface area (Å²) in [5.74, 6) is 0. The Kier molecular flexibility index (Phi) is 3.06. The van der Waals surface area contributed by atoms with Crippen molar-refractivity contribution in [2.75, 3.05) is 4.72 Å². The minimum atomic E-state index is -3.52. The van der Waals surface area contributed by atoms with Crippen molar-refractivity contribution < 1.29 is 8.42 Å². The Labute approximate surface area is 116 Å². The van der Waals surface area contributed by atoms with Crippen molar-refractivity contribution in [1.82, 2.24) is 4.98 Å². The Morgan fingerprint density at radius 3 is 2.79 bits per heavy atom. The topological polar surface area (TPSA) is 59.1 Å². The van der Waals surface area contributed by atoms with Crippen LogP contribution in [0.4, 0.5) is 5.13 Å². The molecule has 1 aromatic heterocycles. The maximum Gasteiger partial charge on any atom is 0.263 e. The standard InChI is InChI=1S/C13H14N2O2S2/c1-9-8-18-13(14-9)15-19(16,17)12-6-5-10-3-2-4-11(10)7-12/h5-8H,2-4H2,1H3,(H,14,15). The first-order valence-electron chi connectivity index (χ1n) is 6.11. The zero-order valence-electron chi connectivity index (χ0n) is 10.5. The van der Waals surface area contributed by atoms with Crippen LogP contribution >= 0.6 is 11.3 Å². The van der Waals surface area contributed by atoms with Crippen molar-refractivity contribution >= 4 is 26.5 Å². The molecule has 0 fully saturated rings. The average Bonchev–Trinajstić information content (AvgIpc) is 2.96. The Hall–Kier alpha value is -1.40. The summed E-state index contributed by atoms with van der Waals surface area (Å²) in [7, 11) is -3.52. The Morgan fingerprint density at radius 2 is 2.05 bits per heavy atom. The molecule has 19 heavy (non-hydrogen) atoms. The van der Waals surface area contributed by atoms with Crippen LogP contribution in [0.25, 0.3) is 0 Å². The van der Waals surface area contributed by atoms with Crippen LogP contribution in [0.1, 0.15) is 23.2 Å². The lowest BCUT2D eigenvalue weighted by molar-refractivity contribution is 0.601. The highest BCUT2D eigenvalue weighted by Crippen LogP contribution is 2.26. The quantitative estimate of drug-likeness (QED) is 0.947. The van der Waals surface area contributed by atoms with E-state index in [9.17, 15) is 8.42 Å². The maximum atomic E-state index is 12.3. The van der Waals surface area contributed by atoms with E-state index in [1.165, 1.54) is 16.9 Å². The number of nitrogens with one attached hydrogen (secondary N) is 1. The van der Waals surface area contributed by atoms with Gasteiger partial charge in [-0.05, 0) is 49.4 Å². The van der Waals surface area contributed by atoms with E-state index in [2.05, 4.69) is 9.71 Å². The van der Waals surface area contributed by atoms with E-state index < -0.39 is 10.0 Å². The van der Waals surface area contributed by atoms with E-state index in [1.807, 2.05) is 18.4 Å². The summed E-state index contributed by atoms with van der Waals surface area (Å²) in [6.07, 6.45) is 3.13. The molecule has 1 aromatic carbocycles. The Morgan fingerprint density at radius 1 is 1.26 bits per heavy atom. The number of thiazole rings is 1. The van der Waals surface area contributed by atoms with Gasteiger partial charge in [-0.3, -0.25) is 4.72 Å². The third-order valence-electron chi connectivity index (χ3n) is 3.22. The summed E-state index contributed by atoms with van der Waals surface area (Å²) >= 11 is 1.30. The van der Waals surface area contributed by atoms with Crippen molar-refractivity contribution in [2.24, 2.45) is 0 Å². The van der Waals surface area contributed by atoms with Crippen molar-refractivity contribution in [3.63, 3.8) is 0 Å². The molecule has 2 aromatic rings. The SMILES string of the molecule is Cc1csc(NS(=O)(=O)c2ccc3c(c2)CCC3)n1. The van der Waals surface area contributed by atoms with Crippen LogP contribution in [0.2, 0.25) is 0 Å². The molecule has 0 saturated heterocycles. The van der Waals surface area contributed by atoms with Gasteiger partial charge in [-0.15, -0.1) is 11.3 Å². The largest absolute Gasteiger partial charge is 0.263 e. The van der Waals surface area contributed by atoms with E-state index in [1.54, 1.807) is 12.1 Å². The van der Waals surface area contributed by atoms with Crippen molar-refractivity contribution in [3.05, 3.63) is 40.4 Å². The molecule has 0 amide bonds. The van der Waals surface area contributed by atoms with Gasteiger partial charge < -0.3 is 0 Å². The zero-order valence-corrected chi connectivity index (χ0v) is 12.1. The van der Waals surface area contributed by atoms with E-state index in [4.69, 9.17) is 0 Å². The first-order chi connectivity index (χ1) is 9.04. The molecule has 1 aliphatic carbocycles. The van der Waals surface area contributed by atoms with Gasteiger partial charge in [0.15, 0.2) is 5.13 Å². The van der Waals surface area contributed by atoms with Gasteiger partial charge in [-0.2, -0.15) is 0 Å². The number of aryl methyl sites for hydroxylation is 3. The molecule has 0 aliphatic heterocycles. The number of anilines is 1. The monoisotopic (exact) mass is 294 g/mol. The van der Waals surface area contributed by atoms with Gasteiger partial charge in [0.2, 0.25) is 0 Å². The van der Waals surface area contributed by atoms with Gasteiger partial charge in [0.05, 0.1) is 10.6 Å². The number of rotatable bonds is 3. The van der Waals surface area contributed by atoms with Crippen LogP contribution in [0.5, 0.6) is 0 Å². The molecule has 6 heteroatoms. The molecular weight excluding hydrogens is 280 g/mol. The smallest absolute Gasteiger partial charge is 0.255 e. The van der Waals surface area contributed by atoms with Crippen LogP contribution in [-0.2, 0) is 22.9 Å². The van der Waals surface area contributed by atoms with Gasteiger partial charge in [-0.1, -0.05) is 6.07 Å². The van der Waals surface area contributed by atoms with Crippen LogP contribution in [-0.4, -0.2) is 13.4 Å². The lowest BCUT2D eigenvalue weighted by atomic mass is 10.1. The second-order valence-corrected chi connectivity index (χ2v) is 7.22. The summed E-state index contributed by atoms with van der Waals surface area (Å²) in [5, 5.41) is 2.23. The highest BCUT2D eigenvalue weighted by atomic mass is 32.2. The van der Waals surface area contributed by atoms with Gasteiger partial charge in [0, 0.05) is 5.38 Å². The Balaban J connectivity index is 1.92. The van der Waals surface area contributed by atoms with Crippen LogP contribution < -0.4 is 4.72 Å². The van der Waals surface area contributed by atoms with E-state index in [0.717, 1.165) is 30.5 Å². The molecule has 1 N–H and O–H groups in total. The van der Waals surface area contributed by atoms with Crippen LogP contribution in [0.3, 0.4) is 0 Å². The Bertz CT molecular complexity index is 720. The molecule has 0 atom stereocenters. The fraction of sp³-hybridized carbons (Fsp3) is 0.308. The van der Waals surface area contributed by atoms with E-state index in [0.29, 0.717) is 10.0 Å². The van der Waals surface area contributed by atoms with Crippen LogP contribution in [0.15, 0.2) is 28.5 Å². The van der Waals surface area contributed by atoms with Gasteiger partial charge >= 0.3 is 0 Å². The predicted molar refractivity (Wildman–Crippen MR) is 76.1 cm³/mol. The number of aromatic nitrogens is 1. The minimum absolute atomic E-state index is 0.320. The van der Waals surface area contributed by atoms with Crippen molar-refractivity contribution in [3.8, 4) is 0 Å². The lowest BCUT2D eigenvalue weighted by Gasteiger charge is -2.07. The third-order valence-corrected chi connectivity index (χ3v) is 5.56. The number of nitrogens with zero attached hydrogens (tertiary/aromatic N) is 1. The summed E-state index contributed by atoms with van der Waals surface area (Å²) in [6.45, 7) is 1.84. The van der Waals surface area contributed by atoms with E-state index in [-0.39, 0.29) is 0 Å². The molecule has 100 valence electrons. The summed E-state index contributed by atoms with van der Waals surface area (Å²) in [5.41, 5.74) is 3.24. The fourth-order valence-electron chi connectivity index (χ4n) is 2.29. The first-order valence-corrected chi connectivity index (χ1v) is 8.48. The van der Waals surface area contributed by atoms with Gasteiger partial charge in [-0.25, -0.2) is 13.4 Å². The highest BCUT2D eigenvalue weighted by molar-refractivity contribution is 7.93. The number of hydrogen-bond donors (Lipinski definition) is 1. The predicted octanol–water partition coefficient (Wildman–Crippen LogP) is 2.74. The van der Waals surface area contributed by atoms with E-state index >= 15 is 0 Å². The number of fused-ring (bicyclic) bond motifs is 1. The zero-order chi connectivity index (χ0) is 13.5. The fourth-order valence-corrected chi connectivity index (χ4v) is 4.28. The molecular formula is C13H14N2O2S2. The molecule has 0 spiro atoms. The molecule has 4 nitrogen and oxygen atoms in total. The summed E-state index contributed by atoms with van der Waals surface area (Å²) in [4.78, 5) is 4.44. The first kappa shape index (κ1) is 12.6.